The Morgan fingerprint density at radius 2 is 2.00 bits per heavy atom. The highest BCUT2D eigenvalue weighted by Crippen LogP contribution is 2.39. The van der Waals surface area contributed by atoms with Crippen LogP contribution >= 0.6 is 11.8 Å². The van der Waals surface area contributed by atoms with Gasteiger partial charge >= 0.3 is 11.9 Å². The lowest BCUT2D eigenvalue weighted by Crippen LogP contribution is -2.58. The minimum Gasteiger partial charge on any atom is -0.480 e. The number of nitrogens with one attached hydrogen (secondary N) is 1. The Morgan fingerprint density at radius 3 is 2.68 bits per heavy atom. The molecular formula is C26H29N3O7S. The number of benzene rings is 2. The summed E-state index contributed by atoms with van der Waals surface area (Å²) in [5.41, 5.74) is 2.19. The number of ether oxygens (including phenoxy) is 1. The van der Waals surface area contributed by atoms with Crippen LogP contribution in [-0.4, -0.2) is 69.0 Å². The first kappa shape index (κ1) is 26.6. The van der Waals surface area contributed by atoms with Gasteiger partial charge in [-0.3, -0.25) is 25.0 Å². The third-order valence-corrected chi connectivity index (χ3v) is 7.82. The number of hydrogen-bond donors (Lipinski definition) is 2. The van der Waals surface area contributed by atoms with E-state index in [-0.39, 0.29) is 24.5 Å². The van der Waals surface area contributed by atoms with Crippen molar-refractivity contribution in [2.45, 2.75) is 50.4 Å². The van der Waals surface area contributed by atoms with E-state index < -0.39 is 46.9 Å². The van der Waals surface area contributed by atoms with Crippen LogP contribution < -0.4 is 5.32 Å². The molecule has 0 saturated carbocycles. The smallest absolute Gasteiger partial charge is 0.327 e. The lowest BCUT2D eigenvalue weighted by Gasteiger charge is -2.40. The summed E-state index contributed by atoms with van der Waals surface area (Å²) >= 11 is 1.40. The average molecular weight is 528 g/mol. The molecular weight excluding hydrogens is 498 g/mol. The summed E-state index contributed by atoms with van der Waals surface area (Å²) in [5.74, 6) is -1.43. The highest BCUT2D eigenvalue weighted by atomic mass is 32.2. The van der Waals surface area contributed by atoms with Gasteiger partial charge in [0.15, 0.2) is 0 Å². The Kier molecular flexibility index (Phi) is 8.45. The molecule has 2 N–H and O–H groups in total. The van der Waals surface area contributed by atoms with Gasteiger partial charge in [-0.2, -0.15) is 11.8 Å². The fourth-order valence-corrected chi connectivity index (χ4v) is 6.15. The number of amides is 1. The number of carbonyl (C=O) groups is 3. The molecule has 0 bridgehead atoms. The van der Waals surface area contributed by atoms with Gasteiger partial charge in [0.1, 0.15) is 12.1 Å². The van der Waals surface area contributed by atoms with Crippen LogP contribution in [0.5, 0.6) is 0 Å². The number of aryl methyl sites for hydroxylation is 1. The molecule has 196 valence electrons. The van der Waals surface area contributed by atoms with Crippen molar-refractivity contribution >= 4 is 35.3 Å². The number of hydrogen-bond acceptors (Lipinski definition) is 8. The predicted octanol–water partition coefficient (Wildman–Crippen LogP) is 2.74. The molecule has 0 unspecified atom stereocenters. The Bertz CT molecular complexity index is 1180. The first-order valence-electron chi connectivity index (χ1n) is 12.2. The second-order valence-electron chi connectivity index (χ2n) is 9.05. The van der Waals surface area contributed by atoms with Gasteiger partial charge in [0.25, 0.3) is 5.69 Å². The highest BCUT2D eigenvalue weighted by molar-refractivity contribution is 7.99. The second kappa shape index (κ2) is 11.7. The maximum Gasteiger partial charge on any atom is 0.327 e. The van der Waals surface area contributed by atoms with Crippen molar-refractivity contribution in [3.8, 4) is 0 Å². The van der Waals surface area contributed by atoms with E-state index in [1.54, 1.807) is 13.0 Å². The van der Waals surface area contributed by atoms with E-state index in [1.165, 1.54) is 28.8 Å². The number of nitro benzene ring substituents is 1. The number of nitrogens with zero attached hydrogens (tertiary/aromatic N) is 2. The Morgan fingerprint density at radius 1 is 1.24 bits per heavy atom. The summed E-state index contributed by atoms with van der Waals surface area (Å²) in [5, 5.41) is 24.5. The molecule has 2 aliphatic rings. The third kappa shape index (κ3) is 5.94. The molecule has 10 nitrogen and oxygen atoms in total. The van der Waals surface area contributed by atoms with Crippen molar-refractivity contribution in [3.63, 3.8) is 0 Å². The van der Waals surface area contributed by atoms with Crippen molar-refractivity contribution in [1.29, 1.82) is 0 Å². The molecule has 2 aromatic rings. The number of non-ortho nitro benzene ring substituents is 1. The van der Waals surface area contributed by atoms with Gasteiger partial charge in [-0.25, -0.2) is 4.79 Å². The molecule has 0 aliphatic carbocycles. The number of rotatable bonds is 9. The Hall–Kier alpha value is -3.44. The van der Waals surface area contributed by atoms with E-state index in [2.05, 4.69) is 5.32 Å². The minimum atomic E-state index is -1.13. The zero-order valence-electron chi connectivity index (χ0n) is 20.4. The van der Waals surface area contributed by atoms with Gasteiger partial charge in [0.2, 0.25) is 5.91 Å². The van der Waals surface area contributed by atoms with Crippen LogP contribution in [0.1, 0.15) is 36.1 Å². The molecule has 37 heavy (non-hydrogen) atoms. The molecule has 1 amide bonds. The monoisotopic (exact) mass is 527 g/mol. The number of carbonyl (C=O) groups excluding carboxylic acids is 2. The van der Waals surface area contributed by atoms with E-state index in [1.807, 2.05) is 30.3 Å². The normalized spacial score (nSPS) is 21.8. The number of esters is 1. The summed E-state index contributed by atoms with van der Waals surface area (Å²) in [7, 11) is 0. The molecule has 4 atom stereocenters. The maximum atomic E-state index is 13.9. The SMILES string of the molecule is CCOC(=O)[C@H](CCc1ccccc1)N[C@@H]1Cc2ccc([N+](=O)[O-])cc2[C@@H]2CSC[C@H](C(=O)O)N2C1=O. The van der Waals surface area contributed by atoms with Gasteiger partial charge in [0, 0.05) is 23.6 Å². The van der Waals surface area contributed by atoms with E-state index >= 15 is 0 Å². The quantitative estimate of drug-likeness (QED) is 0.286. The molecule has 0 aromatic heterocycles. The molecule has 1 saturated heterocycles. The first-order chi connectivity index (χ1) is 17.8. The fourth-order valence-electron chi connectivity index (χ4n) is 4.93. The summed E-state index contributed by atoms with van der Waals surface area (Å²) < 4.78 is 5.28. The van der Waals surface area contributed by atoms with Crippen LogP contribution in [-0.2, 0) is 32.0 Å². The number of carboxylic acid groups (broad SMARTS) is 1. The van der Waals surface area contributed by atoms with Gasteiger partial charge in [-0.05, 0) is 42.9 Å². The number of thioether (sulfide) groups is 1. The zero-order chi connectivity index (χ0) is 26.5. The lowest BCUT2D eigenvalue weighted by molar-refractivity contribution is -0.385. The van der Waals surface area contributed by atoms with Crippen LogP contribution in [0.25, 0.3) is 0 Å². The zero-order valence-corrected chi connectivity index (χ0v) is 21.2. The van der Waals surface area contributed by atoms with E-state index in [9.17, 15) is 29.6 Å². The molecule has 0 spiro atoms. The van der Waals surface area contributed by atoms with Crippen LogP contribution in [0, 0.1) is 10.1 Å². The van der Waals surface area contributed by atoms with Crippen LogP contribution in [0.4, 0.5) is 5.69 Å². The minimum absolute atomic E-state index is 0.118. The molecule has 11 heteroatoms. The number of nitro groups is 1. The van der Waals surface area contributed by atoms with E-state index in [0.29, 0.717) is 29.7 Å². The average Bonchev–Trinajstić information content (AvgIpc) is 3.01. The molecule has 2 aliphatic heterocycles. The summed E-state index contributed by atoms with van der Waals surface area (Å²) in [6.07, 6.45) is 1.11. The van der Waals surface area contributed by atoms with Crippen LogP contribution in [0.15, 0.2) is 48.5 Å². The third-order valence-electron chi connectivity index (χ3n) is 6.72. The second-order valence-corrected chi connectivity index (χ2v) is 10.1. The number of fused-ring (bicyclic) bond motifs is 3. The first-order valence-corrected chi connectivity index (χ1v) is 13.3. The summed E-state index contributed by atoms with van der Waals surface area (Å²) in [6.45, 7) is 1.89. The summed E-state index contributed by atoms with van der Waals surface area (Å²) in [4.78, 5) is 51.2. The Labute approximate surface area is 218 Å². The number of aliphatic carboxylic acids is 1. The van der Waals surface area contributed by atoms with Crippen molar-refractivity contribution in [2.24, 2.45) is 0 Å². The molecule has 4 rings (SSSR count). The van der Waals surface area contributed by atoms with Gasteiger partial charge in [0.05, 0.1) is 23.6 Å². The van der Waals surface area contributed by atoms with Crippen LogP contribution in [0.3, 0.4) is 0 Å². The maximum absolute atomic E-state index is 13.9. The van der Waals surface area contributed by atoms with Crippen LogP contribution in [0.2, 0.25) is 0 Å². The van der Waals surface area contributed by atoms with Gasteiger partial charge in [-0.15, -0.1) is 0 Å². The molecule has 2 aromatic carbocycles. The van der Waals surface area contributed by atoms with Gasteiger partial charge < -0.3 is 14.7 Å². The molecule has 1 fully saturated rings. The van der Waals surface area contributed by atoms with E-state index in [4.69, 9.17) is 4.74 Å². The van der Waals surface area contributed by atoms with Crippen molar-refractivity contribution < 1.29 is 29.2 Å². The van der Waals surface area contributed by atoms with Crippen molar-refractivity contribution in [1.82, 2.24) is 10.2 Å². The lowest BCUT2D eigenvalue weighted by atomic mass is 9.96. The largest absolute Gasteiger partial charge is 0.480 e. The number of carboxylic acids is 1. The predicted molar refractivity (Wildman–Crippen MR) is 137 cm³/mol. The van der Waals surface area contributed by atoms with Crippen molar-refractivity contribution in [2.75, 3.05) is 18.1 Å². The standard InChI is InChI=1S/C26H29N3O7S/c1-2-36-26(33)20(11-8-16-6-4-3-5-7-16)27-21-12-17-9-10-18(29(34)35)13-19(17)22-14-37-15-23(25(31)32)28(22)24(21)30/h3-7,9-10,13,20-23,27H,2,8,11-12,14-15H2,1H3,(H,31,32)/t20-,21+,22-,23+/m0/s1. The summed E-state index contributed by atoms with van der Waals surface area (Å²) in [6, 6.07) is 10.7. The van der Waals surface area contributed by atoms with E-state index in [0.717, 1.165) is 5.56 Å². The molecule has 2 heterocycles. The highest BCUT2D eigenvalue weighted by Gasteiger charge is 2.45. The molecule has 0 radical (unpaired) electrons. The fraction of sp³-hybridized carbons (Fsp3) is 0.423. The van der Waals surface area contributed by atoms with Crippen molar-refractivity contribution in [3.05, 3.63) is 75.3 Å². The topological polar surface area (TPSA) is 139 Å². The van der Waals surface area contributed by atoms with Gasteiger partial charge in [-0.1, -0.05) is 36.4 Å². The Balaban J connectivity index is 1.68.